The van der Waals surface area contributed by atoms with Crippen LogP contribution in [0.2, 0.25) is 10.0 Å². The summed E-state index contributed by atoms with van der Waals surface area (Å²) in [4.78, 5) is 19.3. The largest absolute Gasteiger partial charge is 0.368 e. The average molecular weight is 458 g/mol. The second-order valence-electron chi connectivity index (χ2n) is 6.15. The zero-order valence-electron chi connectivity index (χ0n) is 15.7. The summed E-state index contributed by atoms with van der Waals surface area (Å²) in [7, 11) is 0. The van der Waals surface area contributed by atoms with E-state index in [0.717, 1.165) is 5.56 Å². The van der Waals surface area contributed by atoms with Gasteiger partial charge in [0.05, 0.1) is 35.4 Å². The van der Waals surface area contributed by atoms with Crippen molar-refractivity contribution in [3.63, 3.8) is 0 Å². The highest BCUT2D eigenvalue weighted by Gasteiger charge is 2.14. The van der Waals surface area contributed by atoms with Gasteiger partial charge in [0.25, 0.3) is 5.56 Å². The van der Waals surface area contributed by atoms with Gasteiger partial charge in [0.2, 0.25) is 0 Å². The Hall–Kier alpha value is -1.62. The molecule has 0 saturated carbocycles. The van der Waals surface area contributed by atoms with Crippen LogP contribution in [0.3, 0.4) is 0 Å². The minimum Gasteiger partial charge on any atom is -0.368 e. The number of nitrogens with one attached hydrogen (secondary N) is 3. The Kier molecular flexibility index (Phi) is 8.34. The monoisotopic (exact) mass is 457 g/mol. The van der Waals surface area contributed by atoms with Crippen LogP contribution < -0.4 is 10.9 Å². The third-order valence-corrected chi connectivity index (χ3v) is 5.15. The maximum Gasteiger partial charge on any atom is 0.276 e. The molecule has 0 aliphatic heterocycles. The summed E-state index contributed by atoms with van der Waals surface area (Å²) in [6, 6.07) is 5.43. The van der Waals surface area contributed by atoms with Crippen LogP contribution in [0.25, 0.3) is 11.0 Å². The maximum absolute atomic E-state index is 12.1. The molecule has 1 aromatic carbocycles. The highest BCUT2D eigenvalue weighted by atomic mass is 35.5. The van der Waals surface area contributed by atoms with Crippen molar-refractivity contribution in [3.8, 4) is 0 Å². The first-order valence-electron chi connectivity index (χ1n) is 8.84. The van der Waals surface area contributed by atoms with E-state index in [0.29, 0.717) is 59.0 Å². The summed E-state index contributed by atoms with van der Waals surface area (Å²) in [6.07, 6.45) is 3.45. The van der Waals surface area contributed by atoms with Crippen molar-refractivity contribution in [1.82, 2.24) is 25.5 Å². The molecule has 29 heavy (non-hydrogen) atoms. The van der Waals surface area contributed by atoms with Crippen molar-refractivity contribution in [2.45, 2.75) is 19.2 Å². The molecule has 0 radical (unpaired) electrons. The van der Waals surface area contributed by atoms with E-state index in [2.05, 4.69) is 25.5 Å². The maximum atomic E-state index is 12.1. The fraction of sp³-hybridized carbons (Fsp3) is 0.389. The minimum atomic E-state index is -0.394. The lowest BCUT2D eigenvalue weighted by molar-refractivity contribution is -0.00376. The number of halogens is 2. The average Bonchev–Trinajstić information content (AvgIpc) is 3.17. The first-order valence-corrected chi connectivity index (χ1v) is 11.0. The molecule has 0 bridgehead atoms. The van der Waals surface area contributed by atoms with E-state index in [1.165, 1.54) is 6.20 Å². The number of hydrogen-bond donors (Lipinski definition) is 3. The van der Waals surface area contributed by atoms with Crippen molar-refractivity contribution in [2.75, 3.05) is 25.4 Å². The summed E-state index contributed by atoms with van der Waals surface area (Å²) in [5.41, 5.74) is 1.54. The van der Waals surface area contributed by atoms with Crippen LogP contribution in [-0.2, 0) is 22.4 Å². The van der Waals surface area contributed by atoms with Crippen molar-refractivity contribution in [3.05, 3.63) is 56.2 Å². The van der Waals surface area contributed by atoms with Gasteiger partial charge in [-0.1, -0.05) is 29.3 Å². The van der Waals surface area contributed by atoms with Gasteiger partial charge in [0, 0.05) is 13.0 Å². The number of H-pyrrole nitrogens is 2. The van der Waals surface area contributed by atoms with E-state index in [1.807, 2.05) is 12.3 Å². The van der Waals surface area contributed by atoms with E-state index < -0.39 is 6.23 Å². The summed E-state index contributed by atoms with van der Waals surface area (Å²) in [6.45, 7) is 1.37. The molecule has 0 saturated heterocycles. The van der Waals surface area contributed by atoms with Gasteiger partial charge in [-0.15, -0.1) is 11.8 Å². The zero-order chi connectivity index (χ0) is 20.6. The van der Waals surface area contributed by atoms with E-state index in [1.54, 1.807) is 23.9 Å². The van der Waals surface area contributed by atoms with Gasteiger partial charge in [-0.2, -0.15) is 5.10 Å². The second kappa shape index (κ2) is 11.0. The lowest BCUT2D eigenvalue weighted by Gasteiger charge is -2.19. The van der Waals surface area contributed by atoms with Gasteiger partial charge in [-0.25, -0.2) is 4.98 Å². The predicted octanol–water partition coefficient (Wildman–Crippen LogP) is 2.97. The fourth-order valence-corrected chi connectivity index (χ4v) is 3.24. The van der Waals surface area contributed by atoms with Crippen LogP contribution in [0.15, 0.2) is 29.2 Å². The molecule has 3 N–H and O–H groups in total. The van der Waals surface area contributed by atoms with Crippen molar-refractivity contribution in [1.29, 1.82) is 0 Å². The molecule has 3 aromatic rings. The Morgan fingerprint density at radius 2 is 2.14 bits per heavy atom. The Labute approximate surface area is 181 Å². The number of hydrogen-bond acceptors (Lipinski definition) is 7. The number of aromatic amines is 2. The quantitative estimate of drug-likeness (QED) is 0.300. The van der Waals surface area contributed by atoms with Gasteiger partial charge in [-0.3, -0.25) is 15.2 Å². The van der Waals surface area contributed by atoms with Crippen LogP contribution in [0.4, 0.5) is 0 Å². The number of rotatable bonds is 11. The number of benzene rings is 1. The van der Waals surface area contributed by atoms with Gasteiger partial charge in [0.1, 0.15) is 23.1 Å². The molecule has 156 valence electrons. The van der Waals surface area contributed by atoms with Crippen LogP contribution in [0.5, 0.6) is 0 Å². The number of ether oxygens (including phenoxy) is 2. The summed E-state index contributed by atoms with van der Waals surface area (Å²) in [5, 5.41) is 10.8. The highest BCUT2D eigenvalue weighted by Crippen LogP contribution is 2.22. The normalized spacial score (nSPS) is 12.5. The first kappa shape index (κ1) is 22.1. The summed E-state index contributed by atoms with van der Waals surface area (Å²) < 4.78 is 11.3. The summed E-state index contributed by atoms with van der Waals surface area (Å²) in [5.74, 6) is 1.11. The molecule has 1 atom stereocenters. The molecule has 8 nitrogen and oxygen atoms in total. The van der Waals surface area contributed by atoms with Gasteiger partial charge < -0.3 is 14.5 Å². The Balaban J connectivity index is 1.67. The standard InChI is InChI=1S/C18H21Cl2N5O3S/c1-29-10-27-4-5-28-16(21-8-11-2-3-12(19)13(20)6-11)7-15-23-14-9-22-25-17(14)18(26)24-15/h2-3,6,9,16,21H,4-5,7-8,10H2,1H3,(H,22,25)(H,23,24,26)/t16-/m0/s1. The molecule has 0 aliphatic rings. The molecule has 0 aliphatic carbocycles. The minimum absolute atomic E-state index is 0.269. The Bertz CT molecular complexity index is 997. The molecular formula is C18H21Cl2N5O3S. The molecule has 0 fully saturated rings. The molecule has 0 unspecified atom stereocenters. The Morgan fingerprint density at radius 3 is 2.93 bits per heavy atom. The van der Waals surface area contributed by atoms with E-state index in [4.69, 9.17) is 32.7 Å². The SMILES string of the molecule is CSCOCCO[C@@H](Cc1nc2cn[nH]c2c(=O)[nH]1)NCc1ccc(Cl)c(Cl)c1. The molecule has 0 spiro atoms. The topological polar surface area (TPSA) is 105 Å². The lowest BCUT2D eigenvalue weighted by Crippen LogP contribution is -2.35. The fourth-order valence-electron chi connectivity index (χ4n) is 2.63. The van der Waals surface area contributed by atoms with Crippen molar-refractivity contribution in [2.24, 2.45) is 0 Å². The predicted molar refractivity (Wildman–Crippen MR) is 116 cm³/mol. The molecule has 0 amide bonds. The van der Waals surface area contributed by atoms with Crippen molar-refractivity contribution < 1.29 is 9.47 Å². The lowest BCUT2D eigenvalue weighted by atomic mass is 10.2. The number of aromatic nitrogens is 4. The second-order valence-corrected chi connectivity index (χ2v) is 7.78. The van der Waals surface area contributed by atoms with Crippen LogP contribution >= 0.6 is 35.0 Å². The third-order valence-electron chi connectivity index (χ3n) is 4.00. The summed E-state index contributed by atoms with van der Waals surface area (Å²) >= 11 is 13.7. The Morgan fingerprint density at radius 1 is 1.28 bits per heavy atom. The van der Waals surface area contributed by atoms with Crippen LogP contribution in [-0.4, -0.2) is 51.8 Å². The molecule has 3 rings (SSSR count). The molecule has 11 heteroatoms. The zero-order valence-corrected chi connectivity index (χ0v) is 18.0. The van der Waals surface area contributed by atoms with E-state index in [-0.39, 0.29) is 5.56 Å². The van der Waals surface area contributed by atoms with Gasteiger partial charge in [-0.05, 0) is 24.0 Å². The highest BCUT2D eigenvalue weighted by molar-refractivity contribution is 7.98. The number of fused-ring (bicyclic) bond motifs is 1. The smallest absolute Gasteiger partial charge is 0.276 e. The molecule has 2 heterocycles. The van der Waals surface area contributed by atoms with Crippen molar-refractivity contribution >= 4 is 46.0 Å². The number of thioether (sulfide) groups is 1. The molecular weight excluding hydrogens is 437 g/mol. The van der Waals surface area contributed by atoms with Gasteiger partial charge >= 0.3 is 0 Å². The number of nitrogens with zero attached hydrogens (tertiary/aromatic N) is 2. The third kappa shape index (κ3) is 6.43. The van der Waals surface area contributed by atoms with E-state index >= 15 is 0 Å². The van der Waals surface area contributed by atoms with Gasteiger partial charge in [0.15, 0.2) is 0 Å². The van der Waals surface area contributed by atoms with Crippen LogP contribution in [0, 0.1) is 0 Å². The first-order chi connectivity index (χ1) is 14.1. The van der Waals surface area contributed by atoms with E-state index in [9.17, 15) is 4.79 Å². The molecule has 2 aromatic heterocycles. The van der Waals surface area contributed by atoms with Crippen LogP contribution in [0.1, 0.15) is 11.4 Å².